The summed E-state index contributed by atoms with van der Waals surface area (Å²) < 4.78 is 0. The van der Waals surface area contributed by atoms with Gasteiger partial charge < -0.3 is 0 Å². The zero-order chi connectivity index (χ0) is 18.2. The summed E-state index contributed by atoms with van der Waals surface area (Å²) in [6.45, 7) is 4.63. The third kappa shape index (κ3) is 1.74. The van der Waals surface area contributed by atoms with E-state index in [2.05, 4.69) is 80.6 Å². The number of aryl methyl sites for hydroxylation is 1. The summed E-state index contributed by atoms with van der Waals surface area (Å²) in [7, 11) is 0. The largest absolute Gasteiger partial charge is 0.0836 e. The van der Waals surface area contributed by atoms with E-state index in [1.54, 1.807) is 11.1 Å². The molecule has 132 valence electrons. The van der Waals surface area contributed by atoms with Gasteiger partial charge in [0.05, 0.1) is 5.41 Å². The van der Waals surface area contributed by atoms with Crippen LogP contribution >= 0.6 is 0 Å². The van der Waals surface area contributed by atoms with Crippen LogP contribution in [0.1, 0.15) is 42.9 Å². The van der Waals surface area contributed by atoms with Crippen LogP contribution < -0.4 is 0 Å². The Morgan fingerprint density at radius 2 is 1.74 bits per heavy atom. The molecule has 0 radical (unpaired) electrons. The van der Waals surface area contributed by atoms with Gasteiger partial charge in [-0.25, -0.2) is 0 Å². The Kier molecular flexibility index (Phi) is 2.99. The van der Waals surface area contributed by atoms with Gasteiger partial charge in [0.15, 0.2) is 0 Å². The number of rotatable bonds is 0. The predicted molar refractivity (Wildman–Crippen MR) is 113 cm³/mol. The zero-order valence-electron chi connectivity index (χ0n) is 16.0. The summed E-state index contributed by atoms with van der Waals surface area (Å²) in [5.41, 5.74) is 13.3. The SMILES string of the molecule is Cc1ccc2c(c1)C1(C3=CCCC=C3C3=C1C=CCC3C)c1ccccc1-2. The maximum Gasteiger partial charge on any atom is 0.0719 e. The Bertz CT molecular complexity index is 1120. The number of benzene rings is 2. The Hall–Kier alpha value is -2.60. The van der Waals surface area contributed by atoms with Crippen molar-refractivity contribution in [3.8, 4) is 11.1 Å². The van der Waals surface area contributed by atoms with Crippen LogP contribution in [0.15, 0.2) is 89.1 Å². The van der Waals surface area contributed by atoms with Crippen molar-refractivity contribution in [2.45, 2.75) is 38.5 Å². The average Bonchev–Trinajstić information content (AvgIpc) is 3.15. The van der Waals surface area contributed by atoms with Gasteiger partial charge in [-0.2, -0.15) is 0 Å². The molecule has 0 saturated carbocycles. The molecule has 2 unspecified atom stereocenters. The molecular formula is C27H24. The lowest BCUT2D eigenvalue weighted by molar-refractivity contribution is 0.682. The molecule has 0 nitrogen and oxygen atoms in total. The van der Waals surface area contributed by atoms with Crippen molar-refractivity contribution in [3.05, 3.63) is 106 Å². The minimum absolute atomic E-state index is 0.106. The van der Waals surface area contributed by atoms with E-state index in [1.165, 1.54) is 45.4 Å². The Labute approximate surface area is 161 Å². The molecule has 0 fully saturated rings. The van der Waals surface area contributed by atoms with E-state index in [-0.39, 0.29) is 5.41 Å². The Balaban J connectivity index is 1.81. The highest BCUT2D eigenvalue weighted by atomic mass is 14.6. The van der Waals surface area contributed by atoms with Crippen LogP contribution in [-0.4, -0.2) is 0 Å². The smallest absolute Gasteiger partial charge is 0.0719 e. The van der Waals surface area contributed by atoms with E-state index < -0.39 is 0 Å². The first kappa shape index (κ1) is 15.5. The Morgan fingerprint density at radius 1 is 0.926 bits per heavy atom. The molecule has 0 heteroatoms. The van der Waals surface area contributed by atoms with Crippen LogP contribution in [-0.2, 0) is 5.41 Å². The zero-order valence-corrected chi connectivity index (χ0v) is 16.0. The minimum Gasteiger partial charge on any atom is -0.0836 e. The fourth-order valence-electron chi connectivity index (χ4n) is 6.00. The second-order valence-electron chi connectivity index (χ2n) is 8.52. The summed E-state index contributed by atoms with van der Waals surface area (Å²) >= 11 is 0. The van der Waals surface area contributed by atoms with E-state index in [0.717, 1.165) is 12.8 Å². The molecule has 0 aromatic heterocycles. The number of fused-ring (bicyclic) bond motifs is 9. The van der Waals surface area contributed by atoms with Gasteiger partial charge in [-0.15, -0.1) is 0 Å². The van der Waals surface area contributed by atoms with Gasteiger partial charge in [0.2, 0.25) is 0 Å². The van der Waals surface area contributed by atoms with Gasteiger partial charge in [-0.1, -0.05) is 79.3 Å². The summed E-state index contributed by atoms with van der Waals surface area (Å²) in [5, 5.41) is 0. The molecule has 2 aromatic carbocycles. The van der Waals surface area contributed by atoms with Crippen LogP contribution in [0.2, 0.25) is 0 Å². The molecular weight excluding hydrogens is 324 g/mol. The summed E-state index contributed by atoms with van der Waals surface area (Å²) in [6, 6.07) is 16.2. The first-order valence-corrected chi connectivity index (χ1v) is 10.3. The van der Waals surface area contributed by atoms with Crippen LogP contribution in [0.5, 0.6) is 0 Å². The molecule has 0 N–H and O–H groups in total. The van der Waals surface area contributed by atoms with E-state index in [9.17, 15) is 0 Å². The number of hydrogen-bond donors (Lipinski definition) is 0. The van der Waals surface area contributed by atoms with E-state index in [4.69, 9.17) is 0 Å². The summed E-state index contributed by atoms with van der Waals surface area (Å²) in [5.74, 6) is 0.596. The van der Waals surface area contributed by atoms with Crippen molar-refractivity contribution in [1.29, 1.82) is 0 Å². The molecule has 0 heterocycles. The van der Waals surface area contributed by atoms with Gasteiger partial charge in [0, 0.05) is 0 Å². The van der Waals surface area contributed by atoms with E-state index >= 15 is 0 Å². The first-order chi connectivity index (χ1) is 13.2. The molecule has 4 aliphatic rings. The highest BCUT2D eigenvalue weighted by molar-refractivity contribution is 5.91. The van der Waals surface area contributed by atoms with Crippen molar-refractivity contribution in [2.24, 2.45) is 5.92 Å². The topological polar surface area (TPSA) is 0 Å². The van der Waals surface area contributed by atoms with Crippen molar-refractivity contribution in [1.82, 2.24) is 0 Å². The second-order valence-corrected chi connectivity index (χ2v) is 8.52. The lowest BCUT2D eigenvalue weighted by Gasteiger charge is -2.33. The molecule has 4 aliphatic carbocycles. The third-order valence-corrected chi connectivity index (χ3v) is 7.01. The molecule has 0 amide bonds. The van der Waals surface area contributed by atoms with Crippen molar-refractivity contribution < 1.29 is 0 Å². The van der Waals surface area contributed by atoms with Crippen LogP contribution in [0, 0.1) is 12.8 Å². The van der Waals surface area contributed by atoms with E-state index in [1.807, 2.05) is 0 Å². The van der Waals surface area contributed by atoms with Gasteiger partial charge in [-0.05, 0) is 76.7 Å². The summed E-state index contributed by atoms with van der Waals surface area (Å²) in [6.07, 6.45) is 13.4. The van der Waals surface area contributed by atoms with Gasteiger partial charge in [0.25, 0.3) is 0 Å². The first-order valence-electron chi connectivity index (χ1n) is 10.3. The minimum atomic E-state index is -0.106. The molecule has 0 bridgehead atoms. The van der Waals surface area contributed by atoms with Crippen LogP contribution in [0.3, 0.4) is 0 Å². The van der Waals surface area contributed by atoms with Crippen molar-refractivity contribution >= 4 is 0 Å². The lowest BCUT2D eigenvalue weighted by atomic mass is 9.68. The summed E-state index contributed by atoms with van der Waals surface area (Å²) in [4.78, 5) is 0. The normalized spacial score (nSPS) is 27.1. The predicted octanol–water partition coefficient (Wildman–Crippen LogP) is 6.81. The maximum absolute atomic E-state index is 2.54. The quantitative estimate of drug-likeness (QED) is 0.490. The fourth-order valence-corrected chi connectivity index (χ4v) is 6.00. The van der Waals surface area contributed by atoms with Gasteiger partial charge in [0.1, 0.15) is 0 Å². The lowest BCUT2D eigenvalue weighted by Crippen LogP contribution is -2.28. The maximum atomic E-state index is 2.54. The molecule has 0 saturated heterocycles. The fraction of sp³-hybridized carbons (Fsp3) is 0.259. The number of hydrogen-bond acceptors (Lipinski definition) is 0. The molecule has 2 aromatic rings. The van der Waals surface area contributed by atoms with Gasteiger partial charge >= 0.3 is 0 Å². The molecule has 1 spiro atoms. The average molecular weight is 348 g/mol. The molecule has 27 heavy (non-hydrogen) atoms. The third-order valence-electron chi connectivity index (χ3n) is 7.01. The number of allylic oxidation sites excluding steroid dienone is 8. The van der Waals surface area contributed by atoms with Crippen LogP contribution in [0.4, 0.5) is 0 Å². The van der Waals surface area contributed by atoms with Crippen molar-refractivity contribution in [2.75, 3.05) is 0 Å². The monoisotopic (exact) mass is 348 g/mol. The Morgan fingerprint density at radius 3 is 2.67 bits per heavy atom. The highest BCUT2D eigenvalue weighted by Gasteiger charge is 2.54. The van der Waals surface area contributed by atoms with Gasteiger partial charge in [-0.3, -0.25) is 0 Å². The van der Waals surface area contributed by atoms with Crippen molar-refractivity contribution in [3.63, 3.8) is 0 Å². The van der Waals surface area contributed by atoms with E-state index in [0.29, 0.717) is 5.92 Å². The highest BCUT2D eigenvalue weighted by Crippen LogP contribution is 2.65. The second kappa shape index (κ2) is 5.23. The standard InChI is InChI=1S/C27H24/c1-17-14-15-20-19-9-3-5-11-22(19)27(25(20)16-17)23-12-6-4-10-21(23)26-18(2)8-7-13-24(26)27/h3,5,7,9-16,18H,4,6,8H2,1-2H3. The molecule has 0 aliphatic heterocycles. The molecule has 6 rings (SSSR count). The van der Waals surface area contributed by atoms with Crippen LogP contribution in [0.25, 0.3) is 11.1 Å². The molecule has 2 atom stereocenters.